The standard InChI is InChI=1S/C12H12FNO2/c13-8-4-5-10-9(7-8)12(16-15)6-2-1-3-11(12)14-10/h4-5,7,15H,1-3,6H2/t12-/m0/s1. The third-order valence-corrected chi connectivity index (χ3v) is 3.46. The Morgan fingerprint density at radius 1 is 1.38 bits per heavy atom. The maximum Gasteiger partial charge on any atom is 0.168 e. The van der Waals surface area contributed by atoms with Gasteiger partial charge in [-0.15, -0.1) is 0 Å². The van der Waals surface area contributed by atoms with Crippen molar-refractivity contribution < 1.29 is 14.5 Å². The Morgan fingerprint density at radius 3 is 3.06 bits per heavy atom. The largest absolute Gasteiger partial charge is 0.254 e. The monoisotopic (exact) mass is 221 g/mol. The smallest absolute Gasteiger partial charge is 0.168 e. The highest BCUT2D eigenvalue weighted by Crippen LogP contribution is 2.47. The second kappa shape index (κ2) is 3.37. The van der Waals surface area contributed by atoms with E-state index in [0.717, 1.165) is 25.0 Å². The lowest BCUT2D eigenvalue weighted by Crippen LogP contribution is -2.38. The molecule has 0 spiro atoms. The average Bonchev–Trinajstić information content (AvgIpc) is 2.64. The van der Waals surface area contributed by atoms with E-state index in [9.17, 15) is 9.65 Å². The molecule has 1 saturated carbocycles. The molecule has 0 bridgehead atoms. The molecule has 0 unspecified atom stereocenters. The fourth-order valence-electron chi connectivity index (χ4n) is 2.67. The summed E-state index contributed by atoms with van der Waals surface area (Å²) in [5, 5.41) is 9.19. The van der Waals surface area contributed by atoms with Crippen LogP contribution in [-0.4, -0.2) is 11.0 Å². The van der Waals surface area contributed by atoms with Gasteiger partial charge in [0.05, 0.1) is 11.4 Å². The van der Waals surface area contributed by atoms with Crippen LogP contribution in [0.5, 0.6) is 0 Å². The van der Waals surface area contributed by atoms with E-state index >= 15 is 0 Å². The van der Waals surface area contributed by atoms with E-state index in [2.05, 4.69) is 9.88 Å². The molecule has 0 saturated heterocycles. The lowest BCUT2D eigenvalue weighted by atomic mass is 9.79. The molecule has 1 aromatic carbocycles. The fraction of sp³-hybridized carbons (Fsp3) is 0.417. The van der Waals surface area contributed by atoms with Crippen molar-refractivity contribution in [2.75, 3.05) is 0 Å². The summed E-state index contributed by atoms with van der Waals surface area (Å²) in [5.74, 6) is -0.322. The summed E-state index contributed by atoms with van der Waals surface area (Å²) in [5.41, 5.74) is 1.31. The van der Waals surface area contributed by atoms with Gasteiger partial charge in [0.2, 0.25) is 0 Å². The van der Waals surface area contributed by atoms with Crippen LogP contribution in [-0.2, 0) is 10.5 Å². The number of nitrogens with zero attached hydrogens (tertiary/aromatic N) is 1. The summed E-state index contributed by atoms with van der Waals surface area (Å²) in [6.07, 6.45) is 3.46. The SMILES string of the molecule is OO[C@]12CCCCC1=Nc1ccc(F)cc12. The molecule has 4 heteroatoms. The number of hydrogen-bond donors (Lipinski definition) is 1. The molecule has 1 fully saturated rings. The Hall–Kier alpha value is -1.26. The van der Waals surface area contributed by atoms with Gasteiger partial charge in [0, 0.05) is 5.56 Å². The van der Waals surface area contributed by atoms with Crippen LogP contribution in [0.4, 0.5) is 10.1 Å². The van der Waals surface area contributed by atoms with Gasteiger partial charge in [0.1, 0.15) is 5.82 Å². The number of fused-ring (bicyclic) bond motifs is 3. The second-order valence-electron chi connectivity index (χ2n) is 4.35. The van der Waals surface area contributed by atoms with Gasteiger partial charge in [0.15, 0.2) is 5.60 Å². The molecule has 0 radical (unpaired) electrons. The lowest BCUT2D eigenvalue weighted by Gasteiger charge is -2.32. The molecule has 1 atom stereocenters. The van der Waals surface area contributed by atoms with E-state index in [4.69, 9.17) is 0 Å². The van der Waals surface area contributed by atoms with Crippen molar-refractivity contribution in [1.82, 2.24) is 0 Å². The van der Waals surface area contributed by atoms with Crippen molar-refractivity contribution >= 4 is 11.4 Å². The Kier molecular flexibility index (Phi) is 2.09. The Labute approximate surface area is 92.5 Å². The average molecular weight is 221 g/mol. The van der Waals surface area contributed by atoms with Crippen molar-refractivity contribution in [2.45, 2.75) is 31.3 Å². The highest BCUT2D eigenvalue weighted by molar-refractivity contribution is 6.01. The minimum atomic E-state index is -0.879. The highest BCUT2D eigenvalue weighted by Gasteiger charge is 2.46. The van der Waals surface area contributed by atoms with Crippen LogP contribution in [0, 0.1) is 5.82 Å². The van der Waals surface area contributed by atoms with E-state index in [1.165, 1.54) is 12.1 Å². The minimum Gasteiger partial charge on any atom is -0.254 e. The molecule has 3 nitrogen and oxygen atoms in total. The van der Waals surface area contributed by atoms with Crippen molar-refractivity contribution in [2.24, 2.45) is 4.99 Å². The molecule has 2 aliphatic rings. The van der Waals surface area contributed by atoms with Crippen LogP contribution in [0.2, 0.25) is 0 Å². The van der Waals surface area contributed by atoms with Gasteiger partial charge in [-0.1, -0.05) is 0 Å². The van der Waals surface area contributed by atoms with E-state index in [1.54, 1.807) is 6.07 Å². The van der Waals surface area contributed by atoms with Gasteiger partial charge >= 0.3 is 0 Å². The molecular formula is C12H12FNO2. The van der Waals surface area contributed by atoms with Gasteiger partial charge in [-0.05, 0) is 43.9 Å². The van der Waals surface area contributed by atoms with E-state index in [0.29, 0.717) is 17.7 Å². The first-order valence-electron chi connectivity index (χ1n) is 5.47. The number of rotatable bonds is 1. The first kappa shape index (κ1) is 9.93. The van der Waals surface area contributed by atoms with E-state index < -0.39 is 5.60 Å². The number of halogens is 1. The number of benzene rings is 1. The van der Waals surface area contributed by atoms with Crippen molar-refractivity contribution in [3.8, 4) is 0 Å². The highest BCUT2D eigenvalue weighted by atomic mass is 19.1. The molecule has 1 N–H and O–H groups in total. The summed E-state index contributed by atoms with van der Waals surface area (Å²) >= 11 is 0. The third-order valence-electron chi connectivity index (χ3n) is 3.46. The van der Waals surface area contributed by atoms with Gasteiger partial charge < -0.3 is 0 Å². The molecule has 84 valence electrons. The maximum atomic E-state index is 13.2. The number of aliphatic imine (C=N–C) groups is 1. The fourth-order valence-corrected chi connectivity index (χ4v) is 2.67. The topological polar surface area (TPSA) is 41.8 Å². The zero-order chi connectivity index (χ0) is 11.2. The maximum absolute atomic E-state index is 13.2. The molecule has 1 aliphatic heterocycles. The van der Waals surface area contributed by atoms with Crippen LogP contribution >= 0.6 is 0 Å². The van der Waals surface area contributed by atoms with E-state index in [1.807, 2.05) is 0 Å². The Balaban J connectivity index is 2.18. The molecule has 1 aromatic rings. The van der Waals surface area contributed by atoms with Gasteiger partial charge in [-0.3, -0.25) is 10.2 Å². The molecule has 0 amide bonds. The molecular weight excluding hydrogens is 209 g/mol. The van der Waals surface area contributed by atoms with Crippen molar-refractivity contribution in [1.29, 1.82) is 0 Å². The van der Waals surface area contributed by atoms with Crippen LogP contribution in [0.25, 0.3) is 0 Å². The van der Waals surface area contributed by atoms with Crippen molar-refractivity contribution in [3.05, 3.63) is 29.6 Å². The van der Waals surface area contributed by atoms with Crippen LogP contribution < -0.4 is 0 Å². The molecule has 3 rings (SSSR count). The zero-order valence-corrected chi connectivity index (χ0v) is 8.74. The molecule has 1 heterocycles. The summed E-state index contributed by atoms with van der Waals surface area (Å²) in [4.78, 5) is 9.11. The molecule has 1 aliphatic carbocycles. The second-order valence-corrected chi connectivity index (χ2v) is 4.35. The summed E-state index contributed by atoms with van der Waals surface area (Å²) in [6, 6.07) is 4.43. The third kappa shape index (κ3) is 1.17. The van der Waals surface area contributed by atoms with E-state index in [-0.39, 0.29) is 5.82 Å². The summed E-state index contributed by atoms with van der Waals surface area (Å²) in [7, 11) is 0. The zero-order valence-electron chi connectivity index (χ0n) is 8.74. The first-order valence-corrected chi connectivity index (χ1v) is 5.47. The predicted molar refractivity (Wildman–Crippen MR) is 57.4 cm³/mol. The summed E-state index contributed by atoms with van der Waals surface area (Å²) in [6.45, 7) is 0. The molecule has 0 aromatic heterocycles. The number of hydrogen-bond acceptors (Lipinski definition) is 3. The van der Waals surface area contributed by atoms with Crippen molar-refractivity contribution in [3.63, 3.8) is 0 Å². The Bertz CT molecular complexity index is 472. The Morgan fingerprint density at radius 2 is 2.25 bits per heavy atom. The van der Waals surface area contributed by atoms with Gasteiger partial charge in [-0.25, -0.2) is 9.28 Å². The van der Waals surface area contributed by atoms with Crippen LogP contribution in [0.1, 0.15) is 31.2 Å². The summed E-state index contributed by atoms with van der Waals surface area (Å²) < 4.78 is 13.2. The normalized spacial score (nSPS) is 27.2. The van der Waals surface area contributed by atoms with Gasteiger partial charge in [-0.2, -0.15) is 0 Å². The quantitative estimate of drug-likeness (QED) is 0.584. The van der Waals surface area contributed by atoms with Gasteiger partial charge in [0.25, 0.3) is 0 Å². The molecule has 16 heavy (non-hydrogen) atoms. The lowest BCUT2D eigenvalue weighted by molar-refractivity contribution is -0.308. The van der Waals surface area contributed by atoms with Crippen LogP contribution in [0.3, 0.4) is 0 Å². The first-order chi connectivity index (χ1) is 7.76. The predicted octanol–water partition coefficient (Wildman–Crippen LogP) is 3.17. The minimum absolute atomic E-state index is 0.322. The van der Waals surface area contributed by atoms with Crippen LogP contribution in [0.15, 0.2) is 23.2 Å².